The predicted molar refractivity (Wildman–Crippen MR) is 143 cm³/mol. The molecule has 0 bridgehead atoms. The molecular weight excluding hydrogens is 530 g/mol. The van der Waals surface area contributed by atoms with Gasteiger partial charge in [0.15, 0.2) is 0 Å². The van der Waals surface area contributed by atoms with Gasteiger partial charge in [-0.1, -0.05) is 71.9 Å². The topological polar surface area (TPSA) is 65.8 Å². The number of carbonyl (C=O) groups excluding carboxylic acids is 1. The summed E-state index contributed by atoms with van der Waals surface area (Å²) < 4.78 is 0.817. The number of benzene rings is 3. The summed E-state index contributed by atoms with van der Waals surface area (Å²) in [6, 6.07) is 27.0. The third-order valence-corrected chi connectivity index (χ3v) is 6.94. The van der Waals surface area contributed by atoms with Gasteiger partial charge in [0.05, 0.1) is 22.7 Å². The highest BCUT2D eigenvalue weighted by molar-refractivity contribution is 9.10. The zero-order valence-electron chi connectivity index (χ0n) is 18.2. The van der Waals surface area contributed by atoms with Gasteiger partial charge >= 0.3 is 0 Å². The highest BCUT2D eigenvalue weighted by atomic mass is 79.9. The maximum absolute atomic E-state index is 12.7. The molecule has 0 aliphatic rings. The summed E-state index contributed by atoms with van der Waals surface area (Å²) in [7, 11) is 0. The largest absolute Gasteiger partial charge is 0.324 e. The molecule has 4 nitrogen and oxygen atoms in total. The lowest BCUT2D eigenvalue weighted by atomic mass is 9.99. The molecule has 1 N–H and O–H groups in total. The molecule has 0 atom stereocenters. The number of pyridine rings is 1. The SMILES string of the molecule is Cc1ccc(NC(=O)CSc2nc(-c3ccccc3)cc(-c3ccc(Cl)cc3)c2C#N)c(Br)c1. The van der Waals surface area contributed by atoms with Crippen molar-refractivity contribution in [2.24, 2.45) is 0 Å². The first-order chi connectivity index (χ1) is 16.4. The van der Waals surface area contributed by atoms with E-state index in [9.17, 15) is 10.1 Å². The highest BCUT2D eigenvalue weighted by Crippen LogP contribution is 2.35. The number of aryl methyl sites for hydroxylation is 1. The molecule has 4 rings (SSSR count). The molecule has 1 heterocycles. The van der Waals surface area contributed by atoms with Gasteiger partial charge in [0.1, 0.15) is 11.1 Å². The van der Waals surface area contributed by atoms with Gasteiger partial charge in [-0.15, -0.1) is 0 Å². The summed E-state index contributed by atoms with van der Waals surface area (Å²) in [4.78, 5) is 17.4. The maximum atomic E-state index is 12.7. The molecule has 1 amide bonds. The van der Waals surface area contributed by atoms with E-state index in [-0.39, 0.29) is 11.7 Å². The molecule has 0 saturated carbocycles. The molecular formula is C27H19BrClN3OS. The molecule has 0 saturated heterocycles. The first-order valence-corrected chi connectivity index (χ1v) is 12.6. The first-order valence-electron chi connectivity index (χ1n) is 10.4. The van der Waals surface area contributed by atoms with Gasteiger partial charge in [-0.3, -0.25) is 4.79 Å². The Kier molecular flexibility index (Phi) is 7.69. The monoisotopic (exact) mass is 547 g/mol. The van der Waals surface area contributed by atoms with Gasteiger partial charge in [-0.2, -0.15) is 5.26 Å². The number of rotatable bonds is 6. The van der Waals surface area contributed by atoms with Crippen molar-refractivity contribution < 1.29 is 4.79 Å². The molecule has 0 aliphatic heterocycles. The molecule has 3 aromatic carbocycles. The van der Waals surface area contributed by atoms with E-state index in [0.717, 1.165) is 32.4 Å². The van der Waals surface area contributed by atoms with E-state index >= 15 is 0 Å². The van der Waals surface area contributed by atoms with Crippen LogP contribution in [0.5, 0.6) is 0 Å². The van der Waals surface area contributed by atoms with Crippen LogP contribution >= 0.6 is 39.3 Å². The van der Waals surface area contributed by atoms with Gasteiger partial charge in [-0.05, 0) is 64.3 Å². The number of nitrogens with zero attached hydrogens (tertiary/aromatic N) is 2. The van der Waals surface area contributed by atoms with E-state index in [1.165, 1.54) is 11.8 Å². The van der Waals surface area contributed by atoms with Crippen LogP contribution in [0.1, 0.15) is 11.1 Å². The van der Waals surface area contributed by atoms with Crippen LogP contribution < -0.4 is 5.32 Å². The lowest BCUT2D eigenvalue weighted by molar-refractivity contribution is -0.113. The second-order valence-corrected chi connectivity index (χ2v) is 9.79. The Morgan fingerprint density at radius 3 is 2.47 bits per heavy atom. The summed E-state index contributed by atoms with van der Waals surface area (Å²) in [5.41, 5.74) is 5.48. The van der Waals surface area contributed by atoms with Crippen molar-refractivity contribution in [3.05, 3.63) is 99.5 Å². The smallest absolute Gasteiger partial charge is 0.234 e. The van der Waals surface area contributed by atoms with Gasteiger partial charge in [0.25, 0.3) is 0 Å². The molecule has 7 heteroatoms. The van der Waals surface area contributed by atoms with Crippen LogP contribution in [0.25, 0.3) is 22.4 Å². The summed E-state index contributed by atoms with van der Waals surface area (Å²) in [6.07, 6.45) is 0. The molecule has 34 heavy (non-hydrogen) atoms. The molecule has 1 aromatic heterocycles. The number of hydrogen-bond donors (Lipinski definition) is 1. The maximum Gasteiger partial charge on any atom is 0.234 e. The number of carbonyl (C=O) groups is 1. The Balaban J connectivity index is 1.67. The van der Waals surface area contributed by atoms with Gasteiger partial charge in [-0.25, -0.2) is 4.98 Å². The normalized spacial score (nSPS) is 10.5. The lowest BCUT2D eigenvalue weighted by Gasteiger charge is -2.13. The van der Waals surface area contributed by atoms with Gasteiger partial charge in [0, 0.05) is 20.6 Å². The highest BCUT2D eigenvalue weighted by Gasteiger charge is 2.17. The zero-order chi connectivity index (χ0) is 24.1. The second-order valence-electron chi connectivity index (χ2n) is 7.54. The van der Waals surface area contributed by atoms with E-state index in [0.29, 0.717) is 21.3 Å². The number of amides is 1. The minimum absolute atomic E-state index is 0.111. The molecule has 0 spiro atoms. The summed E-state index contributed by atoms with van der Waals surface area (Å²) in [5, 5.41) is 14.0. The Morgan fingerprint density at radius 2 is 1.79 bits per heavy atom. The summed E-state index contributed by atoms with van der Waals surface area (Å²) in [5.74, 6) is -0.0706. The van der Waals surface area contributed by atoms with Crippen LogP contribution in [-0.4, -0.2) is 16.6 Å². The van der Waals surface area contributed by atoms with Crippen LogP contribution in [-0.2, 0) is 4.79 Å². The van der Waals surface area contributed by atoms with Crippen molar-refractivity contribution in [3.63, 3.8) is 0 Å². The summed E-state index contributed by atoms with van der Waals surface area (Å²) >= 11 is 10.8. The molecule has 0 fully saturated rings. The number of anilines is 1. The number of nitriles is 1. The zero-order valence-corrected chi connectivity index (χ0v) is 21.3. The Hall–Kier alpha value is -3.11. The van der Waals surface area contributed by atoms with Crippen LogP contribution in [0.15, 0.2) is 88.4 Å². The minimum Gasteiger partial charge on any atom is -0.324 e. The second kappa shape index (κ2) is 10.9. The predicted octanol–water partition coefficient (Wildman–Crippen LogP) is 7.74. The van der Waals surface area contributed by atoms with Crippen LogP contribution in [0.4, 0.5) is 5.69 Å². The number of thioether (sulfide) groups is 1. The fraction of sp³-hybridized carbons (Fsp3) is 0.0741. The van der Waals surface area contributed by atoms with Crippen molar-refractivity contribution in [1.82, 2.24) is 4.98 Å². The number of nitrogens with one attached hydrogen (secondary N) is 1. The first kappa shape index (κ1) is 24.0. The van der Waals surface area contributed by atoms with E-state index in [1.54, 1.807) is 12.1 Å². The van der Waals surface area contributed by atoms with Crippen molar-refractivity contribution in [2.75, 3.05) is 11.1 Å². The molecule has 4 aromatic rings. The molecule has 0 radical (unpaired) electrons. The van der Waals surface area contributed by atoms with Crippen LogP contribution in [0, 0.1) is 18.3 Å². The Labute approximate surface area is 216 Å². The Bertz CT molecular complexity index is 1390. The fourth-order valence-electron chi connectivity index (χ4n) is 3.39. The molecule has 0 unspecified atom stereocenters. The average molecular weight is 549 g/mol. The van der Waals surface area contributed by atoms with E-state index in [1.807, 2.05) is 73.7 Å². The molecule has 0 aliphatic carbocycles. The number of halogens is 2. The minimum atomic E-state index is -0.182. The van der Waals surface area contributed by atoms with Crippen LogP contribution in [0.3, 0.4) is 0 Å². The lowest BCUT2D eigenvalue weighted by Crippen LogP contribution is -2.14. The number of hydrogen-bond acceptors (Lipinski definition) is 4. The van der Waals surface area contributed by atoms with Gasteiger partial charge < -0.3 is 5.32 Å². The van der Waals surface area contributed by atoms with E-state index < -0.39 is 0 Å². The van der Waals surface area contributed by atoms with E-state index in [4.69, 9.17) is 16.6 Å². The fourth-order valence-corrected chi connectivity index (χ4v) is 4.91. The summed E-state index contributed by atoms with van der Waals surface area (Å²) in [6.45, 7) is 1.99. The Morgan fingerprint density at radius 1 is 1.06 bits per heavy atom. The van der Waals surface area contributed by atoms with Crippen molar-refractivity contribution in [1.29, 1.82) is 5.26 Å². The average Bonchev–Trinajstić information content (AvgIpc) is 2.85. The third-order valence-electron chi connectivity index (χ3n) is 5.06. The quantitative estimate of drug-likeness (QED) is 0.250. The van der Waals surface area contributed by atoms with Gasteiger partial charge in [0.2, 0.25) is 5.91 Å². The third kappa shape index (κ3) is 5.68. The van der Waals surface area contributed by atoms with Crippen molar-refractivity contribution in [3.8, 4) is 28.5 Å². The van der Waals surface area contributed by atoms with Crippen molar-refractivity contribution >= 4 is 50.9 Å². The van der Waals surface area contributed by atoms with E-state index in [2.05, 4.69) is 27.3 Å². The number of aromatic nitrogens is 1. The standard InChI is InChI=1S/C27H19BrClN3OS/c1-17-7-12-24(23(28)13-17)31-26(33)16-34-27-22(15-30)21(18-8-10-20(29)11-9-18)14-25(32-27)19-5-3-2-4-6-19/h2-14H,16H2,1H3,(H,31,33). The molecule has 168 valence electrons. The van der Waals surface area contributed by atoms with Crippen molar-refractivity contribution in [2.45, 2.75) is 11.9 Å². The van der Waals surface area contributed by atoms with Crippen LogP contribution in [0.2, 0.25) is 5.02 Å².